The predicted octanol–water partition coefficient (Wildman–Crippen LogP) is 2.30. The number of hydrogen-bond acceptors (Lipinski definition) is 4. The van der Waals surface area contributed by atoms with Crippen LogP contribution in [0.1, 0.15) is 46.7 Å². The van der Waals surface area contributed by atoms with Gasteiger partial charge in [-0.1, -0.05) is 6.42 Å². The van der Waals surface area contributed by atoms with E-state index in [-0.39, 0.29) is 36.6 Å². The summed E-state index contributed by atoms with van der Waals surface area (Å²) in [6, 6.07) is 3.73. The molecule has 2 unspecified atom stereocenters. The summed E-state index contributed by atoms with van der Waals surface area (Å²) in [6.07, 6.45) is 3.01. The van der Waals surface area contributed by atoms with Crippen LogP contribution in [-0.2, 0) is 4.79 Å². The van der Waals surface area contributed by atoms with Crippen LogP contribution in [0.15, 0.2) is 12.1 Å². The van der Waals surface area contributed by atoms with Crippen LogP contribution in [0.4, 0.5) is 0 Å². The largest absolute Gasteiger partial charge is 0.393 e. The predicted molar refractivity (Wildman–Crippen MR) is 79.0 cm³/mol. The molecule has 2 atom stereocenters. The maximum absolute atomic E-state index is 11.9. The van der Waals surface area contributed by atoms with Crippen molar-refractivity contribution >= 4 is 23.0 Å². The lowest BCUT2D eigenvalue weighted by atomic mass is 10.1. The second kappa shape index (κ2) is 6.99. The van der Waals surface area contributed by atoms with Crippen LogP contribution in [0.3, 0.4) is 0 Å². The molecule has 1 aromatic rings. The number of hydrogen-bond donors (Lipinski definition) is 2. The average molecular weight is 295 g/mol. The molecule has 0 spiro atoms. The molecule has 20 heavy (non-hydrogen) atoms. The molecule has 1 aliphatic rings. The van der Waals surface area contributed by atoms with Gasteiger partial charge < -0.3 is 10.4 Å². The highest BCUT2D eigenvalue weighted by molar-refractivity contribution is 7.14. The summed E-state index contributed by atoms with van der Waals surface area (Å²) in [5, 5.41) is 12.5. The van der Waals surface area contributed by atoms with E-state index in [1.165, 1.54) is 11.3 Å². The van der Waals surface area contributed by atoms with Gasteiger partial charge in [0.2, 0.25) is 5.91 Å². The Hall–Kier alpha value is -1.20. The first kappa shape index (κ1) is 15.2. The summed E-state index contributed by atoms with van der Waals surface area (Å²) in [4.78, 5) is 25.4. The van der Waals surface area contributed by atoms with Gasteiger partial charge in [0.1, 0.15) is 0 Å². The number of nitrogens with one attached hydrogen (secondary N) is 1. The Labute approximate surface area is 123 Å². The summed E-state index contributed by atoms with van der Waals surface area (Å²) in [6.45, 7) is 2.48. The van der Waals surface area contributed by atoms with Gasteiger partial charge in [0.05, 0.1) is 11.0 Å². The van der Waals surface area contributed by atoms with E-state index in [2.05, 4.69) is 5.32 Å². The minimum Gasteiger partial charge on any atom is -0.393 e. The minimum absolute atomic E-state index is 0.0270. The Morgan fingerprint density at radius 3 is 2.75 bits per heavy atom. The van der Waals surface area contributed by atoms with Crippen molar-refractivity contribution in [1.82, 2.24) is 5.32 Å². The van der Waals surface area contributed by atoms with Crippen molar-refractivity contribution in [3.05, 3.63) is 21.9 Å². The van der Waals surface area contributed by atoms with E-state index in [1.807, 2.05) is 19.1 Å². The monoisotopic (exact) mass is 295 g/mol. The van der Waals surface area contributed by atoms with Crippen LogP contribution >= 0.6 is 11.3 Å². The van der Waals surface area contributed by atoms with Crippen LogP contribution in [0.5, 0.6) is 0 Å². The quantitative estimate of drug-likeness (QED) is 0.791. The highest BCUT2D eigenvalue weighted by Gasteiger charge is 2.25. The van der Waals surface area contributed by atoms with E-state index in [0.29, 0.717) is 6.54 Å². The first-order valence-corrected chi connectivity index (χ1v) is 7.92. The van der Waals surface area contributed by atoms with Crippen LogP contribution in [0, 0.1) is 12.8 Å². The van der Waals surface area contributed by atoms with Crippen LogP contribution in [0.2, 0.25) is 0 Å². The fraction of sp³-hybridized carbons (Fsp3) is 0.600. The van der Waals surface area contributed by atoms with Crippen LogP contribution in [0.25, 0.3) is 0 Å². The van der Waals surface area contributed by atoms with E-state index in [0.717, 1.165) is 29.0 Å². The molecule has 1 heterocycles. The Balaban J connectivity index is 1.68. The Morgan fingerprint density at radius 2 is 2.15 bits per heavy atom. The molecule has 1 fully saturated rings. The van der Waals surface area contributed by atoms with Crippen molar-refractivity contribution in [2.75, 3.05) is 6.54 Å². The Kier molecular flexibility index (Phi) is 5.31. The van der Waals surface area contributed by atoms with E-state index in [9.17, 15) is 14.7 Å². The maximum atomic E-state index is 11.9. The molecule has 0 aromatic carbocycles. The summed E-state index contributed by atoms with van der Waals surface area (Å²) in [7, 11) is 0. The van der Waals surface area contributed by atoms with Gasteiger partial charge in [-0.2, -0.15) is 0 Å². The van der Waals surface area contributed by atoms with E-state index in [1.54, 1.807) is 0 Å². The molecule has 1 saturated carbocycles. The smallest absolute Gasteiger partial charge is 0.220 e. The number of Topliss-reactive ketones (excluding diaryl/α,β-unsaturated/α-hetero) is 1. The van der Waals surface area contributed by atoms with E-state index >= 15 is 0 Å². The molecule has 2 rings (SSSR count). The van der Waals surface area contributed by atoms with Crippen LogP contribution < -0.4 is 5.32 Å². The topological polar surface area (TPSA) is 66.4 Å². The molecule has 2 N–H and O–H groups in total. The molecule has 1 amide bonds. The number of amides is 1. The molecule has 0 saturated heterocycles. The van der Waals surface area contributed by atoms with Gasteiger partial charge in [-0.25, -0.2) is 0 Å². The van der Waals surface area contributed by atoms with Gasteiger partial charge in [-0.05, 0) is 31.9 Å². The molecule has 4 nitrogen and oxygen atoms in total. The lowest BCUT2D eigenvalue weighted by molar-refractivity contribution is -0.121. The first-order chi connectivity index (χ1) is 9.56. The highest BCUT2D eigenvalue weighted by Crippen LogP contribution is 2.24. The molecule has 1 aromatic heterocycles. The lowest BCUT2D eigenvalue weighted by Gasteiger charge is -2.14. The summed E-state index contributed by atoms with van der Waals surface area (Å²) in [5.74, 6) is 0.0967. The van der Waals surface area contributed by atoms with Gasteiger partial charge >= 0.3 is 0 Å². The minimum atomic E-state index is -0.286. The Morgan fingerprint density at radius 1 is 1.35 bits per heavy atom. The van der Waals surface area contributed by atoms with Gasteiger partial charge in [-0.15, -0.1) is 11.3 Å². The van der Waals surface area contributed by atoms with Crippen molar-refractivity contribution in [3.8, 4) is 0 Å². The van der Waals surface area contributed by atoms with Crippen molar-refractivity contribution in [2.45, 2.75) is 45.1 Å². The molecule has 0 aliphatic heterocycles. The summed E-state index contributed by atoms with van der Waals surface area (Å²) in [5.41, 5.74) is 0. The van der Waals surface area contributed by atoms with Crippen molar-refractivity contribution in [1.29, 1.82) is 0 Å². The van der Waals surface area contributed by atoms with Gasteiger partial charge in [0.25, 0.3) is 0 Å². The van der Waals surface area contributed by atoms with E-state index in [4.69, 9.17) is 0 Å². The fourth-order valence-corrected chi connectivity index (χ4v) is 3.36. The first-order valence-electron chi connectivity index (χ1n) is 7.10. The third-order valence-electron chi connectivity index (χ3n) is 3.77. The standard InChI is InChI=1S/C15H21NO3S/c1-10-5-7-14(20-10)13(18)6-8-15(19)16-9-11-3-2-4-12(11)17/h5,7,11-12,17H,2-4,6,8-9H2,1H3,(H,16,19). The van der Waals surface area contributed by atoms with Crippen molar-refractivity contribution < 1.29 is 14.7 Å². The van der Waals surface area contributed by atoms with Gasteiger partial charge in [0, 0.05) is 30.2 Å². The third-order valence-corrected chi connectivity index (χ3v) is 4.82. The zero-order chi connectivity index (χ0) is 14.5. The zero-order valence-electron chi connectivity index (χ0n) is 11.7. The number of aryl methyl sites for hydroxylation is 1. The molecular weight excluding hydrogens is 274 g/mol. The second-order valence-electron chi connectivity index (χ2n) is 5.40. The molecule has 110 valence electrons. The van der Waals surface area contributed by atoms with Crippen molar-refractivity contribution in [3.63, 3.8) is 0 Å². The Bertz CT molecular complexity index is 483. The SMILES string of the molecule is Cc1ccc(C(=O)CCC(=O)NCC2CCCC2O)s1. The number of rotatable bonds is 6. The number of carbonyl (C=O) groups is 2. The summed E-state index contributed by atoms with van der Waals surface area (Å²) < 4.78 is 0. The van der Waals surface area contributed by atoms with Crippen molar-refractivity contribution in [2.24, 2.45) is 5.92 Å². The number of ketones is 1. The van der Waals surface area contributed by atoms with Gasteiger partial charge in [-0.3, -0.25) is 9.59 Å². The normalized spacial score (nSPS) is 21.9. The highest BCUT2D eigenvalue weighted by atomic mass is 32.1. The maximum Gasteiger partial charge on any atom is 0.220 e. The number of carbonyl (C=O) groups excluding carboxylic acids is 2. The molecule has 5 heteroatoms. The molecule has 0 bridgehead atoms. The fourth-order valence-electron chi connectivity index (χ4n) is 2.52. The number of thiophene rings is 1. The molecular formula is C15H21NO3S. The average Bonchev–Trinajstić information content (AvgIpc) is 3.02. The second-order valence-corrected chi connectivity index (χ2v) is 6.68. The lowest BCUT2D eigenvalue weighted by Crippen LogP contribution is -2.32. The molecule has 1 aliphatic carbocycles. The molecule has 0 radical (unpaired) electrons. The number of aliphatic hydroxyl groups excluding tert-OH is 1. The third kappa shape index (κ3) is 4.15. The zero-order valence-corrected chi connectivity index (χ0v) is 12.5. The van der Waals surface area contributed by atoms with Gasteiger partial charge in [0.15, 0.2) is 5.78 Å². The summed E-state index contributed by atoms with van der Waals surface area (Å²) >= 11 is 1.47. The number of aliphatic hydroxyl groups is 1. The van der Waals surface area contributed by atoms with Crippen LogP contribution in [-0.4, -0.2) is 29.4 Å². The van der Waals surface area contributed by atoms with E-state index < -0.39 is 0 Å².